The van der Waals surface area contributed by atoms with Crippen LogP contribution in [0.4, 0.5) is 0 Å². The highest BCUT2D eigenvalue weighted by molar-refractivity contribution is 7.53. The molecular weight excluding hydrogens is 852 g/mol. The number of carbonyl (C=O) groups is 2. The van der Waals surface area contributed by atoms with Gasteiger partial charge in [-0.3, -0.25) is 14.2 Å². The number of rotatable bonds is 38. The van der Waals surface area contributed by atoms with Crippen LogP contribution < -0.4 is 0 Å². The Balaban J connectivity index is 1.21. The maximum atomic E-state index is 14.1. The topological polar surface area (TPSA) is 99.1 Å². The first-order valence-corrected chi connectivity index (χ1v) is 31.4. The minimum Gasteiger partial charge on any atom is -0.462 e. The molecule has 4 saturated carbocycles. The molecule has 0 saturated heterocycles. The summed E-state index contributed by atoms with van der Waals surface area (Å²) in [6, 6.07) is 0. The van der Waals surface area contributed by atoms with Crippen LogP contribution >= 0.6 is 7.60 Å². The second-order valence-corrected chi connectivity index (χ2v) is 25.8. The summed E-state index contributed by atoms with van der Waals surface area (Å²) in [6.07, 6.45) is 44.8. The van der Waals surface area contributed by atoms with Crippen molar-refractivity contribution in [3.63, 3.8) is 0 Å². The monoisotopic (exact) mass is 961 g/mol. The Kier molecular flexibility index (Phi) is 28.2. The molecule has 8 heteroatoms. The van der Waals surface area contributed by atoms with E-state index in [1.54, 1.807) is 0 Å². The van der Waals surface area contributed by atoms with E-state index < -0.39 is 19.4 Å². The van der Waals surface area contributed by atoms with E-state index in [2.05, 4.69) is 41.5 Å². The lowest BCUT2D eigenvalue weighted by molar-refractivity contribution is -0.161. The zero-order valence-corrected chi connectivity index (χ0v) is 45.8. The number of esters is 2. The van der Waals surface area contributed by atoms with Gasteiger partial charge >= 0.3 is 19.5 Å². The van der Waals surface area contributed by atoms with Crippen LogP contribution in [0.1, 0.15) is 292 Å². The molecule has 4 aliphatic carbocycles. The molecule has 0 bridgehead atoms. The number of fused-ring (bicyclic) bond motifs is 5. The van der Waals surface area contributed by atoms with Crippen molar-refractivity contribution in [1.29, 1.82) is 0 Å². The van der Waals surface area contributed by atoms with Crippen molar-refractivity contribution < 1.29 is 33.0 Å². The molecule has 1 N–H and O–H groups in total. The SMILES string of the molecule is CCCCCCCCCCCCCCCC(=O)OC[C@H](COP(=O)(O)C1CC[C@@]2(C)C(CCC3C2CC[C@@]2(C)C3CC[C@@H]2[C@H](C)CCC)C1)OC(=O)CCCCCCCCCCCCCCC. The highest BCUT2D eigenvalue weighted by Crippen LogP contribution is 2.70. The van der Waals surface area contributed by atoms with Gasteiger partial charge in [-0.2, -0.15) is 0 Å². The van der Waals surface area contributed by atoms with E-state index >= 15 is 0 Å². The number of ether oxygens (including phenoxy) is 2. The first-order valence-electron chi connectivity index (χ1n) is 29.7. The zero-order chi connectivity index (χ0) is 48.4. The number of carbonyl (C=O) groups excluding carboxylic acids is 2. The molecule has 7 nitrogen and oxygen atoms in total. The Morgan fingerprint density at radius 1 is 0.567 bits per heavy atom. The predicted molar refractivity (Wildman–Crippen MR) is 280 cm³/mol. The van der Waals surface area contributed by atoms with Crippen LogP contribution in [0.25, 0.3) is 0 Å². The Labute approximate surface area is 414 Å². The van der Waals surface area contributed by atoms with Crippen molar-refractivity contribution in [2.24, 2.45) is 46.3 Å². The van der Waals surface area contributed by atoms with Crippen LogP contribution in [-0.2, 0) is 28.2 Å². The third-order valence-corrected chi connectivity index (χ3v) is 20.7. The van der Waals surface area contributed by atoms with Crippen molar-refractivity contribution in [3.8, 4) is 0 Å². The fraction of sp³-hybridized carbons (Fsp3) is 0.966. The summed E-state index contributed by atoms with van der Waals surface area (Å²) < 4.78 is 31.7. The van der Waals surface area contributed by atoms with Gasteiger partial charge in [-0.15, -0.1) is 0 Å². The van der Waals surface area contributed by atoms with Gasteiger partial charge in [0.1, 0.15) is 6.61 Å². The van der Waals surface area contributed by atoms with Gasteiger partial charge in [0.2, 0.25) is 0 Å². The number of unbranched alkanes of at least 4 members (excludes halogenated alkanes) is 24. The molecule has 392 valence electrons. The molecular formula is C59H109O7P. The van der Waals surface area contributed by atoms with Crippen molar-refractivity contribution in [2.75, 3.05) is 13.2 Å². The largest absolute Gasteiger partial charge is 0.462 e. The maximum Gasteiger partial charge on any atom is 0.331 e. The molecule has 11 atom stereocenters. The van der Waals surface area contributed by atoms with E-state index in [1.807, 2.05) is 0 Å². The van der Waals surface area contributed by atoms with E-state index in [4.69, 9.17) is 14.0 Å². The van der Waals surface area contributed by atoms with Crippen molar-refractivity contribution in [2.45, 2.75) is 304 Å². The van der Waals surface area contributed by atoms with Crippen LogP contribution in [-0.4, -0.2) is 41.8 Å². The molecule has 0 spiro atoms. The van der Waals surface area contributed by atoms with Crippen LogP contribution in [0, 0.1) is 46.3 Å². The molecule has 0 aliphatic heterocycles. The van der Waals surface area contributed by atoms with E-state index in [9.17, 15) is 19.0 Å². The Hall–Kier alpha value is -0.910. The molecule has 4 rings (SSSR count). The highest BCUT2D eigenvalue weighted by atomic mass is 31.2. The summed E-state index contributed by atoms with van der Waals surface area (Å²) in [4.78, 5) is 37.7. The molecule has 6 unspecified atom stereocenters. The molecule has 0 aromatic rings. The van der Waals surface area contributed by atoms with E-state index in [0.717, 1.165) is 81.5 Å². The lowest BCUT2D eigenvalue weighted by atomic mass is 9.44. The van der Waals surface area contributed by atoms with Gasteiger partial charge in [-0.1, -0.05) is 208 Å². The molecule has 0 heterocycles. The standard InChI is InChI=1S/C59H109O7P/c1-7-10-12-14-16-18-20-22-24-26-28-30-32-35-56(60)64-46-50(66-57(61)36-33-31-29-27-25-23-21-19-17-15-13-11-8-2)47-65-67(62,63)51-41-43-58(5)49(45-51)37-38-52-54-40-39-53(48(4)34-9-3)59(54,6)44-42-55(52)58/h48-55H,7-47H2,1-6H3,(H,62,63)/t48-,49?,50-,51?,52?,53-,54?,55?,58+,59-/m1/s1. The second kappa shape index (κ2) is 32.2. The minimum absolute atomic E-state index is 0.145. The van der Waals surface area contributed by atoms with Gasteiger partial charge in [0.25, 0.3) is 0 Å². The average molecular weight is 961 g/mol. The lowest BCUT2D eigenvalue weighted by Crippen LogP contribution is -2.54. The fourth-order valence-corrected chi connectivity index (χ4v) is 16.2. The van der Waals surface area contributed by atoms with E-state index in [-0.39, 0.29) is 30.6 Å². The first-order chi connectivity index (χ1) is 32.4. The summed E-state index contributed by atoms with van der Waals surface area (Å²) >= 11 is 0. The third kappa shape index (κ3) is 19.6. The molecule has 0 amide bonds. The van der Waals surface area contributed by atoms with E-state index in [1.165, 1.54) is 173 Å². The van der Waals surface area contributed by atoms with Crippen molar-refractivity contribution in [3.05, 3.63) is 0 Å². The van der Waals surface area contributed by atoms with Gasteiger partial charge in [0, 0.05) is 12.8 Å². The van der Waals surface area contributed by atoms with Crippen LogP contribution in [0.3, 0.4) is 0 Å². The van der Waals surface area contributed by atoms with Gasteiger partial charge in [-0.25, -0.2) is 0 Å². The van der Waals surface area contributed by atoms with E-state index in [0.29, 0.717) is 36.5 Å². The quantitative estimate of drug-likeness (QED) is 0.0374. The van der Waals surface area contributed by atoms with Crippen molar-refractivity contribution in [1.82, 2.24) is 0 Å². The summed E-state index contributed by atoms with van der Waals surface area (Å²) in [5.74, 6) is 3.76. The third-order valence-electron chi connectivity index (χ3n) is 18.7. The normalized spacial score (nSPS) is 28.8. The fourth-order valence-electron chi connectivity index (χ4n) is 14.7. The molecule has 0 aromatic heterocycles. The summed E-state index contributed by atoms with van der Waals surface area (Å²) in [5.41, 5.74) is 0.264. The molecule has 0 aromatic carbocycles. The first kappa shape index (κ1) is 58.7. The zero-order valence-electron chi connectivity index (χ0n) is 45.0. The van der Waals surface area contributed by atoms with Gasteiger partial charge in [0.15, 0.2) is 6.10 Å². The van der Waals surface area contributed by atoms with Crippen LogP contribution in [0.2, 0.25) is 0 Å². The van der Waals surface area contributed by atoms with Crippen LogP contribution in [0.15, 0.2) is 0 Å². The number of hydrogen-bond donors (Lipinski definition) is 1. The Morgan fingerprint density at radius 2 is 1.04 bits per heavy atom. The Morgan fingerprint density at radius 3 is 1.57 bits per heavy atom. The number of hydrogen-bond acceptors (Lipinski definition) is 6. The van der Waals surface area contributed by atoms with Crippen LogP contribution in [0.5, 0.6) is 0 Å². The molecule has 4 fully saturated rings. The minimum atomic E-state index is -4.02. The van der Waals surface area contributed by atoms with Crippen molar-refractivity contribution >= 4 is 19.5 Å². The maximum absolute atomic E-state index is 14.1. The predicted octanol–water partition coefficient (Wildman–Crippen LogP) is 18.1. The summed E-state index contributed by atoms with van der Waals surface area (Å²) in [7, 11) is -4.02. The molecule has 4 aliphatic rings. The smallest absolute Gasteiger partial charge is 0.331 e. The summed E-state index contributed by atoms with van der Waals surface area (Å²) in [6.45, 7) is 14.2. The molecule has 67 heavy (non-hydrogen) atoms. The highest BCUT2D eigenvalue weighted by Gasteiger charge is 2.61. The Bertz CT molecular complexity index is 1390. The lowest BCUT2D eigenvalue weighted by Gasteiger charge is -2.61. The van der Waals surface area contributed by atoms with Gasteiger partial charge in [0.05, 0.1) is 12.3 Å². The average Bonchev–Trinajstić information content (AvgIpc) is 3.67. The molecule has 0 radical (unpaired) electrons. The van der Waals surface area contributed by atoms with Gasteiger partial charge < -0.3 is 18.9 Å². The van der Waals surface area contributed by atoms with Gasteiger partial charge in [-0.05, 0) is 117 Å². The second-order valence-electron chi connectivity index (χ2n) is 23.7. The summed E-state index contributed by atoms with van der Waals surface area (Å²) in [5, 5.41) is 0.